The van der Waals surface area contributed by atoms with E-state index in [9.17, 15) is 4.79 Å². The van der Waals surface area contributed by atoms with Gasteiger partial charge >= 0.3 is 0 Å². The van der Waals surface area contributed by atoms with E-state index in [2.05, 4.69) is 33.0 Å². The van der Waals surface area contributed by atoms with Crippen molar-refractivity contribution in [3.63, 3.8) is 0 Å². The Labute approximate surface area is 145 Å². The molecule has 0 aliphatic heterocycles. The minimum absolute atomic E-state index is 0.117. The number of aromatic nitrogens is 4. The van der Waals surface area contributed by atoms with E-state index in [-0.39, 0.29) is 5.91 Å². The predicted molar refractivity (Wildman–Crippen MR) is 94.1 cm³/mol. The van der Waals surface area contributed by atoms with Crippen LogP contribution < -0.4 is 5.32 Å². The molecule has 25 heavy (non-hydrogen) atoms. The fraction of sp³-hybridized carbons (Fsp3) is 0.263. The van der Waals surface area contributed by atoms with Crippen molar-refractivity contribution in [2.45, 2.75) is 31.7 Å². The van der Waals surface area contributed by atoms with Gasteiger partial charge < -0.3 is 5.32 Å². The van der Waals surface area contributed by atoms with Crippen molar-refractivity contribution in [3.05, 3.63) is 71.5 Å². The maximum Gasteiger partial charge on any atom is 0.249 e. The van der Waals surface area contributed by atoms with Crippen LogP contribution in [-0.2, 0) is 24.1 Å². The van der Waals surface area contributed by atoms with E-state index < -0.39 is 6.04 Å². The van der Waals surface area contributed by atoms with E-state index in [1.807, 2.05) is 36.4 Å². The van der Waals surface area contributed by atoms with E-state index >= 15 is 0 Å². The number of nitrogens with one attached hydrogen (secondary N) is 1. The number of benzene rings is 2. The second-order valence-electron chi connectivity index (χ2n) is 6.32. The average molecular weight is 333 g/mol. The summed E-state index contributed by atoms with van der Waals surface area (Å²) in [5, 5.41) is 14.3. The Morgan fingerprint density at radius 1 is 1.12 bits per heavy atom. The number of aryl methyl sites for hydroxylation is 2. The Kier molecular flexibility index (Phi) is 4.24. The standard InChI is InChI=1S/C19H19N5O/c25-19(21-17-10-9-15-7-4-8-16(15)12-17)18(24-13-20-22-23-24)11-14-5-2-1-3-6-14/h1-3,5-6,9-10,12-13,18H,4,7-8,11H2,(H,21,25)/t18-/m0/s1. The lowest BCUT2D eigenvalue weighted by molar-refractivity contribution is -0.119. The highest BCUT2D eigenvalue weighted by molar-refractivity contribution is 5.94. The molecule has 0 bridgehead atoms. The number of hydrogen-bond acceptors (Lipinski definition) is 4. The van der Waals surface area contributed by atoms with Gasteiger partial charge in [0.15, 0.2) is 0 Å². The second-order valence-corrected chi connectivity index (χ2v) is 6.32. The summed E-state index contributed by atoms with van der Waals surface area (Å²) in [6.45, 7) is 0. The molecule has 0 unspecified atom stereocenters. The summed E-state index contributed by atoms with van der Waals surface area (Å²) in [7, 11) is 0. The Bertz CT molecular complexity index is 861. The SMILES string of the molecule is O=C(Nc1ccc2c(c1)CCC2)[C@H](Cc1ccccc1)n1cnnn1. The number of fused-ring (bicyclic) bond motifs is 1. The molecule has 6 heteroatoms. The number of anilines is 1. The third-order valence-electron chi connectivity index (χ3n) is 4.62. The van der Waals surface area contributed by atoms with E-state index in [1.165, 1.54) is 28.6 Å². The van der Waals surface area contributed by atoms with E-state index in [4.69, 9.17) is 0 Å². The second kappa shape index (κ2) is 6.84. The molecule has 0 saturated carbocycles. The zero-order valence-corrected chi connectivity index (χ0v) is 13.8. The van der Waals surface area contributed by atoms with Crippen LogP contribution in [0.5, 0.6) is 0 Å². The highest BCUT2D eigenvalue weighted by Gasteiger charge is 2.23. The van der Waals surface area contributed by atoms with Gasteiger partial charge in [-0.05, 0) is 58.5 Å². The quantitative estimate of drug-likeness (QED) is 0.779. The highest BCUT2D eigenvalue weighted by atomic mass is 16.2. The van der Waals surface area contributed by atoms with Gasteiger partial charge in [-0.25, -0.2) is 4.68 Å². The van der Waals surface area contributed by atoms with Gasteiger partial charge in [-0.1, -0.05) is 36.4 Å². The molecule has 126 valence electrons. The van der Waals surface area contributed by atoms with Crippen molar-refractivity contribution in [3.8, 4) is 0 Å². The maximum atomic E-state index is 12.9. The summed E-state index contributed by atoms with van der Waals surface area (Å²) >= 11 is 0. The molecule has 1 heterocycles. The molecule has 1 aliphatic rings. The first-order valence-corrected chi connectivity index (χ1v) is 8.49. The van der Waals surface area contributed by atoms with Crippen molar-refractivity contribution in [2.75, 3.05) is 5.32 Å². The number of carbonyl (C=O) groups excluding carboxylic acids is 1. The number of tetrazole rings is 1. The molecule has 2 aromatic carbocycles. The largest absolute Gasteiger partial charge is 0.324 e. The van der Waals surface area contributed by atoms with Gasteiger partial charge in [-0.3, -0.25) is 4.79 Å². The third kappa shape index (κ3) is 3.42. The smallest absolute Gasteiger partial charge is 0.249 e. The van der Waals surface area contributed by atoms with E-state index in [0.717, 1.165) is 24.1 Å². The summed E-state index contributed by atoms with van der Waals surface area (Å²) in [6.07, 6.45) is 5.41. The monoisotopic (exact) mass is 333 g/mol. The Hall–Kier alpha value is -3.02. The fourth-order valence-corrected chi connectivity index (χ4v) is 3.33. The van der Waals surface area contributed by atoms with Gasteiger partial charge in [0.05, 0.1) is 0 Å². The van der Waals surface area contributed by atoms with Gasteiger partial charge in [0.2, 0.25) is 5.91 Å². The Morgan fingerprint density at radius 2 is 1.96 bits per heavy atom. The fourth-order valence-electron chi connectivity index (χ4n) is 3.33. The first-order chi connectivity index (χ1) is 12.3. The molecule has 0 saturated heterocycles. The molecular weight excluding hydrogens is 314 g/mol. The minimum atomic E-state index is -0.495. The van der Waals surface area contributed by atoms with Crippen LogP contribution in [0.1, 0.15) is 29.2 Å². The minimum Gasteiger partial charge on any atom is -0.324 e. The number of hydrogen-bond donors (Lipinski definition) is 1. The van der Waals surface area contributed by atoms with Gasteiger partial charge in [0.25, 0.3) is 0 Å². The molecule has 1 aromatic heterocycles. The zero-order valence-electron chi connectivity index (χ0n) is 13.8. The Morgan fingerprint density at radius 3 is 2.76 bits per heavy atom. The third-order valence-corrected chi connectivity index (χ3v) is 4.62. The van der Waals surface area contributed by atoms with E-state index in [0.29, 0.717) is 6.42 Å². The lowest BCUT2D eigenvalue weighted by atomic mass is 10.0. The average Bonchev–Trinajstić information content (AvgIpc) is 3.31. The van der Waals surface area contributed by atoms with Crippen molar-refractivity contribution in [1.82, 2.24) is 20.2 Å². The Balaban J connectivity index is 1.55. The molecule has 0 radical (unpaired) electrons. The van der Waals surface area contributed by atoms with Gasteiger partial charge in [-0.15, -0.1) is 5.10 Å². The maximum absolute atomic E-state index is 12.9. The summed E-state index contributed by atoms with van der Waals surface area (Å²) in [5.41, 5.74) is 4.61. The molecule has 1 aliphatic carbocycles. The molecule has 4 rings (SSSR count). The van der Waals surface area contributed by atoms with Crippen LogP contribution in [-0.4, -0.2) is 26.1 Å². The summed E-state index contributed by atoms with van der Waals surface area (Å²) in [5.74, 6) is -0.117. The van der Waals surface area contributed by atoms with Crippen LogP contribution in [0.25, 0.3) is 0 Å². The van der Waals surface area contributed by atoms with Crippen LogP contribution in [0, 0.1) is 0 Å². The molecule has 1 N–H and O–H groups in total. The molecule has 1 amide bonds. The van der Waals surface area contributed by atoms with Crippen LogP contribution in [0.4, 0.5) is 5.69 Å². The molecule has 1 atom stereocenters. The molecule has 0 spiro atoms. The van der Waals surface area contributed by atoms with Crippen molar-refractivity contribution < 1.29 is 4.79 Å². The first kappa shape index (κ1) is 15.5. The number of amides is 1. The van der Waals surface area contributed by atoms with Crippen LogP contribution in [0.3, 0.4) is 0 Å². The summed E-state index contributed by atoms with van der Waals surface area (Å²) in [4.78, 5) is 12.9. The molecular formula is C19H19N5O. The first-order valence-electron chi connectivity index (χ1n) is 8.49. The van der Waals surface area contributed by atoms with Gasteiger partial charge in [-0.2, -0.15) is 0 Å². The van der Waals surface area contributed by atoms with E-state index in [1.54, 1.807) is 0 Å². The zero-order chi connectivity index (χ0) is 17.1. The number of carbonyl (C=O) groups is 1. The van der Waals surface area contributed by atoms with Crippen molar-refractivity contribution >= 4 is 11.6 Å². The van der Waals surface area contributed by atoms with Gasteiger partial charge in [0.1, 0.15) is 12.4 Å². The van der Waals surface area contributed by atoms with Crippen molar-refractivity contribution in [2.24, 2.45) is 0 Å². The lowest BCUT2D eigenvalue weighted by Crippen LogP contribution is -2.28. The normalized spacial score (nSPS) is 14.1. The topological polar surface area (TPSA) is 72.7 Å². The number of nitrogens with zero attached hydrogens (tertiary/aromatic N) is 4. The summed E-state index contributed by atoms with van der Waals surface area (Å²) < 4.78 is 1.51. The lowest BCUT2D eigenvalue weighted by Gasteiger charge is -2.17. The number of rotatable bonds is 5. The van der Waals surface area contributed by atoms with Crippen molar-refractivity contribution in [1.29, 1.82) is 0 Å². The summed E-state index contributed by atoms with van der Waals surface area (Å²) in [6, 6.07) is 15.6. The molecule has 0 fully saturated rings. The molecule has 6 nitrogen and oxygen atoms in total. The van der Waals surface area contributed by atoms with Crippen LogP contribution in [0.15, 0.2) is 54.9 Å². The molecule has 3 aromatic rings. The highest BCUT2D eigenvalue weighted by Crippen LogP contribution is 2.25. The van der Waals surface area contributed by atoms with Gasteiger partial charge in [0, 0.05) is 12.1 Å². The van der Waals surface area contributed by atoms with Crippen LogP contribution in [0.2, 0.25) is 0 Å². The predicted octanol–water partition coefficient (Wildman–Crippen LogP) is 2.58. The van der Waals surface area contributed by atoms with Crippen LogP contribution >= 0.6 is 0 Å².